The second-order valence-electron chi connectivity index (χ2n) is 4.20. The summed E-state index contributed by atoms with van der Waals surface area (Å²) >= 11 is 0. The minimum Gasteiger partial charge on any atom is -0.382 e. The average Bonchev–Trinajstić information content (AvgIpc) is 2.46. The van der Waals surface area contributed by atoms with Crippen molar-refractivity contribution in [2.45, 2.75) is 26.7 Å². The normalized spacial score (nSPS) is 11.1. The minimum absolute atomic E-state index is 0. The molecule has 0 atom stereocenters. The third kappa shape index (κ3) is 17.8. The molecule has 7 heteroatoms. The summed E-state index contributed by atoms with van der Waals surface area (Å²) in [7, 11) is 1.68. The number of aliphatic imine (C=N–C) groups is 1. The Morgan fingerprint density at radius 2 is 1.76 bits per heavy atom. The molecule has 0 amide bonds. The van der Waals surface area contributed by atoms with Gasteiger partial charge in [0, 0.05) is 40.0 Å². The smallest absolute Gasteiger partial charge is 0.191 e. The molecule has 0 aliphatic heterocycles. The molecule has 128 valence electrons. The first-order valence-electron chi connectivity index (χ1n) is 7.51. The summed E-state index contributed by atoms with van der Waals surface area (Å²) in [6.07, 6.45) is 2.04. The topological polar surface area (TPSA) is 64.1 Å². The fourth-order valence-electron chi connectivity index (χ4n) is 1.48. The van der Waals surface area contributed by atoms with Crippen LogP contribution < -0.4 is 10.6 Å². The van der Waals surface area contributed by atoms with Crippen LogP contribution in [0.2, 0.25) is 0 Å². The Balaban J connectivity index is 0. The van der Waals surface area contributed by atoms with Gasteiger partial charge in [0.1, 0.15) is 0 Å². The molecule has 0 spiro atoms. The van der Waals surface area contributed by atoms with Crippen LogP contribution in [0, 0.1) is 0 Å². The number of unbranched alkanes of at least 4 members (excludes halogenated alkanes) is 1. The Morgan fingerprint density at radius 3 is 2.43 bits per heavy atom. The van der Waals surface area contributed by atoms with Gasteiger partial charge < -0.3 is 24.8 Å². The summed E-state index contributed by atoms with van der Waals surface area (Å²) in [6.45, 7) is 10.0. The summed E-state index contributed by atoms with van der Waals surface area (Å²) in [6, 6.07) is 0. The van der Waals surface area contributed by atoms with E-state index < -0.39 is 0 Å². The van der Waals surface area contributed by atoms with Crippen molar-refractivity contribution >= 4 is 29.9 Å². The molecule has 0 unspecified atom stereocenters. The molecule has 0 saturated carbocycles. The van der Waals surface area contributed by atoms with Crippen molar-refractivity contribution in [1.29, 1.82) is 0 Å². The van der Waals surface area contributed by atoms with E-state index in [0.717, 1.165) is 51.6 Å². The second kappa shape index (κ2) is 19.9. The SMILES string of the molecule is CCNC(=NCCCCOCCOC)NCCOCC.I. The predicted octanol–water partition coefficient (Wildman–Crippen LogP) is 1.64. The molecule has 21 heavy (non-hydrogen) atoms. The largest absolute Gasteiger partial charge is 0.382 e. The van der Waals surface area contributed by atoms with E-state index in [4.69, 9.17) is 14.2 Å². The van der Waals surface area contributed by atoms with E-state index >= 15 is 0 Å². The number of ether oxygens (including phenoxy) is 3. The Labute approximate surface area is 146 Å². The van der Waals surface area contributed by atoms with Crippen molar-refractivity contribution < 1.29 is 14.2 Å². The Kier molecular flexibility index (Phi) is 21.9. The number of guanidine groups is 1. The molecular formula is C14H32IN3O3. The minimum atomic E-state index is 0. The summed E-state index contributed by atoms with van der Waals surface area (Å²) in [5.74, 6) is 0.854. The van der Waals surface area contributed by atoms with Crippen LogP contribution in [0.15, 0.2) is 4.99 Å². The van der Waals surface area contributed by atoms with Gasteiger partial charge in [-0.15, -0.1) is 24.0 Å². The van der Waals surface area contributed by atoms with Crippen LogP contribution in [0.1, 0.15) is 26.7 Å². The van der Waals surface area contributed by atoms with Gasteiger partial charge in [-0.3, -0.25) is 4.99 Å². The van der Waals surface area contributed by atoms with Gasteiger partial charge in [0.15, 0.2) is 5.96 Å². The van der Waals surface area contributed by atoms with Crippen LogP contribution in [0.25, 0.3) is 0 Å². The van der Waals surface area contributed by atoms with E-state index in [0.29, 0.717) is 19.8 Å². The van der Waals surface area contributed by atoms with Gasteiger partial charge in [-0.2, -0.15) is 0 Å². The van der Waals surface area contributed by atoms with Gasteiger partial charge in [0.2, 0.25) is 0 Å². The third-order valence-corrected chi connectivity index (χ3v) is 2.49. The van der Waals surface area contributed by atoms with Crippen LogP contribution in [-0.2, 0) is 14.2 Å². The number of methoxy groups -OCH3 is 1. The fourth-order valence-corrected chi connectivity index (χ4v) is 1.48. The number of hydrogen-bond acceptors (Lipinski definition) is 4. The van der Waals surface area contributed by atoms with Crippen molar-refractivity contribution in [3.05, 3.63) is 0 Å². The molecule has 0 heterocycles. The van der Waals surface area contributed by atoms with Crippen molar-refractivity contribution in [1.82, 2.24) is 10.6 Å². The third-order valence-electron chi connectivity index (χ3n) is 2.49. The van der Waals surface area contributed by atoms with Crippen molar-refractivity contribution in [3.63, 3.8) is 0 Å². The van der Waals surface area contributed by atoms with E-state index in [9.17, 15) is 0 Å². The van der Waals surface area contributed by atoms with E-state index in [-0.39, 0.29) is 24.0 Å². The Bertz CT molecular complexity index is 232. The lowest BCUT2D eigenvalue weighted by Crippen LogP contribution is -2.39. The first kappa shape index (κ1) is 23.2. The molecule has 0 aliphatic rings. The van der Waals surface area contributed by atoms with Gasteiger partial charge >= 0.3 is 0 Å². The van der Waals surface area contributed by atoms with Gasteiger partial charge in [-0.25, -0.2) is 0 Å². The van der Waals surface area contributed by atoms with Crippen LogP contribution in [0.3, 0.4) is 0 Å². The van der Waals surface area contributed by atoms with Crippen LogP contribution >= 0.6 is 24.0 Å². The average molecular weight is 417 g/mol. The van der Waals surface area contributed by atoms with E-state index in [2.05, 4.69) is 22.5 Å². The van der Waals surface area contributed by atoms with Crippen molar-refractivity contribution in [2.75, 3.05) is 59.8 Å². The van der Waals surface area contributed by atoms with Gasteiger partial charge in [0.25, 0.3) is 0 Å². The summed E-state index contributed by atoms with van der Waals surface area (Å²) in [5.41, 5.74) is 0. The van der Waals surface area contributed by atoms with E-state index in [1.807, 2.05) is 6.92 Å². The molecule has 0 fully saturated rings. The first-order chi connectivity index (χ1) is 9.85. The molecule has 0 aromatic heterocycles. The van der Waals surface area contributed by atoms with Crippen LogP contribution in [0.5, 0.6) is 0 Å². The number of halogens is 1. The zero-order valence-electron chi connectivity index (χ0n) is 13.7. The summed E-state index contributed by atoms with van der Waals surface area (Å²) in [4.78, 5) is 4.50. The predicted molar refractivity (Wildman–Crippen MR) is 97.8 cm³/mol. The van der Waals surface area contributed by atoms with Crippen molar-refractivity contribution in [2.24, 2.45) is 4.99 Å². The summed E-state index contributed by atoms with van der Waals surface area (Å²) < 4.78 is 15.6. The molecule has 6 nitrogen and oxygen atoms in total. The standard InChI is InChI=1S/C14H31N3O3.HI/c1-4-15-14(17-9-11-19-5-2)16-8-6-7-10-20-13-12-18-3;/h4-13H2,1-3H3,(H2,15,16,17);1H. The maximum atomic E-state index is 5.40. The number of nitrogens with one attached hydrogen (secondary N) is 2. The van der Waals surface area contributed by atoms with E-state index in [1.165, 1.54) is 0 Å². The molecule has 0 rings (SSSR count). The number of hydrogen-bond donors (Lipinski definition) is 2. The van der Waals surface area contributed by atoms with Crippen molar-refractivity contribution in [3.8, 4) is 0 Å². The Hall–Kier alpha value is -0.120. The van der Waals surface area contributed by atoms with Crippen LogP contribution in [-0.4, -0.2) is 65.7 Å². The maximum absolute atomic E-state index is 5.40. The zero-order chi connectivity index (χ0) is 14.9. The Morgan fingerprint density at radius 1 is 0.952 bits per heavy atom. The molecule has 0 aromatic rings. The van der Waals surface area contributed by atoms with E-state index in [1.54, 1.807) is 7.11 Å². The quantitative estimate of drug-likeness (QED) is 0.207. The number of nitrogens with zero attached hydrogens (tertiary/aromatic N) is 1. The lowest BCUT2D eigenvalue weighted by Gasteiger charge is -2.11. The second-order valence-corrected chi connectivity index (χ2v) is 4.20. The molecule has 0 bridgehead atoms. The molecule has 0 aliphatic carbocycles. The molecule has 0 aromatic carbocycles. The van der Waals surface area contributed by atoms with Gasteiger partial charge in [0.05, 0.1) is 19.8 Å². The fraction of sp³-hybridized carbons (Fsp3) is 0.929. The highest BCUT2D eigenvalue weighted by Crippen LogP contribution is 1.91. The number of rotatable bonds is 13. The highest BCUT2D eigenvalue weighted by atomic mass is 127. The molecular weight excluding hydrogens is 385 g/mol. The summed E-state index contributed by atoms with van der Waals surface area (Å²) in [5, 5.41) is 6.45. The molecule has 0 saturated heterocycles. The molecule has 0 radical (unpaired) electrons. The molecule has 2 N–H and O–H groups in total. The lowest BCUT2D eigenvalue weighted by molar-refractivity contribution is 0.0690. The van der Waals surface area contributed by atoms with Gasteiger partial charge in [-0.1, -0.05) is 0 Å². The van der Waals surface area contributed by atoms with Crippen LogP contribution in [0.4, 0.5) is 0 Å². The monoisotopic (exact) mass is 417 g/mol. The maximum Gasteiger partial charge on any atom is 0.191 e. The lowest BCUT2D eigenvalue weighted by atomic mass is 10.3. The highest BCUT2D eigenvalue weighted by molar-refractivity contribution is 14.0. The first-order valence-corrected chi connectivity index (χ1v) is 7.51. The zero-order valence-corrected chi connectivity index (χ0v) is 16.0. The van der Waals surface area contributed by atoms with Gasteiger partial charge in [-0.05, 0) is 26.7 Å². The highest BCUT2D eigenvalue weighted by Gasteiger charge is 1.96.